The van der Waals surface area contributed by atoms with Crippen molar-refractivity contribution in [3.05, 3.63) is 65.2 Å². The van der Waals surface area contributed by atoms with Gasteiger partial charge in [-0.25, -0.2) is 4.79 Å². The lowest BCUT2D eigenvalue weighted by Crippen LogP contribution is -2.46. The molecule has 0 heterocycles. The Morgan fingerprint density at radius 1 is 0.931 bits per heavy atom. The molecule has 2 N–H and O–H groups in total. The van der Waals surface area contributed by atoms with Crippen molar-refractivity contribution in [2.24, 2.45) is 5.92 Å². The molecule has 0 aliphatic carbocycles. The number of carbonyl (C=O) groups is 3. The van der Waals surface area contributed by atoms with Crippen LogP contribution in [0.4, 0.5) is 5.69 Å². The van der Waals surface area contributed by atoms with Crippen molar-refractivity contribution in [1.82, 2.24) is 5.32 Å². The summed E-state index contributed by atoms with van der Waals surface area (Å²) in [6.45, 7) is 7.07. The minimum absolute atomic E-state index is 0.171. The Bertz CT molecular complexity index is 862. The Morgan fingerprint density at radius 2 is 1.62 bits per heavy atom. The standard InChI is InChI=1S/C23H28N2O4/c1-15(2)22(25-20(26)13-18-10-6-5-7-11-18)23(28)29-14-21(27)24-19-12-8-9-16(3)17(19)4/h5-12,15,22H,13-14H2,1-4H3,(H,24,27)(H,25,26)/t22-/m0/s1. The molecule has 0 aliphatic heterocycles. The molecule has 2 aromatic rings. The fraction of sp³-hybridized carbons (Fsp3) is 0.348. The van der Waals surface area contributed by atoms with E-state index in [0.29, 0.717) is 5.69 Å². The maximum atomic E-state index is 12.4. The molecule has 2 amide bonds. The quantitative estimate of drug-likeness (QED) is 0.671. The zero-order valence-electron chi connectivity index (χ0n) is 17.3. The highest BCUT2D eigenvalue weighted by Crippen LogP contribution is 2.17. The van der Waals surface area contributed by atoms with Crippen molar-refractivity contribution in [2.75, 3.05) is 11.9 Å². The summed E-state index contributed by atoms with van der Waals surface area (Å²) in [5.41, 5.74) is 3.55. The molecular formula is C23H28N2O4. The monoisotopic (exact) mass is 396 g/mol. The fourth-order valence-electron chi connectivity index (χ4n) is 2.80. The van der Waals surface area contributed by atoms with E-state index >= 15 is 0 Å². The van der Waals surface area contributed by atoms with E-state index in [0.717, 1.165) is 16.7 Å². The van der Waals surface area contributed by atoms with Gasteiger partial charge in [0.2, 0.25) is 5.91 Å². The highest BCUT2D eigenvalue weighted by atomic mass is 16.5. The van der Waals surface area contributed by atoms with Crippen LogP contribution in [0, 0.1) is 19.8 Å². The van der Waals surface area contributed by atoms with Gasteiger partial charge in [-0.3, -0.25) is 9.59 Å². The highest BCUT2D eigenvalue weighted by molar-refractivity contribution is 5.94. The molecule has 0 aromatic heterocycles. The first-order valence-corrected chi connectivity index (χ1v) is 9.64. The van der Waals surface area contributed by atoms with Crippen LogP contribution in [0.15, 0.2) is 48.5 Å². The summed E-state index contributed by atoms with van der Waals surface area (Å²) in [6.07, 6.45) is 0.171. The molecule has 6 heteroatoms. The average Bonchev–Trinajstić information content (AvgIpc) is 2.68. The zero-order valence-corrected chi connectivity index (χ0v) is 17.3. The van der Waals surface area contributed by atoms with Gasteiger partial charge in [0.15, 0.2) is 6.61 Å². The molecule has 0 radical (unpaired) electrons. The van der Waals surface area contributed by atoms with Crippen molar-refractivity contribution in [2.45, 2.75) is 40.2 Å². The smallest absolute Gasteiger partial charge is 0.329 e. The molecule has 2 aromatic carbocycles. The molecule has 2 rings (SSSR count). The second-order valence-electron chi connectivity index (χ2n) is 7.35. The first-order valence-electron chi connectivity index (χ1n) is 9.64. The summed E-state index contributed by atoms with van der Waals surface area (Å²) in [6, 6.07) is 14.1. The van der Waals surface area contributed by atoms with Gasteiger partial charge in [0.1, 0.15) is 6.04 Å². The number of hydrogen-bond donors (Lipinski definition) is 2. The lowest BCUT2D eigenvalue weighted by molar-refractivity contribution is -0.151. The number of anilines is 1. The summed E-state index contributed by atoms with van der Waals surface area (Å²) in [7, 11) is 0. The molecule has 1 atom stereocenters. The molecule has 6 nitrogen and oxygen atoms in total. The van der Waals surface area contributed by atoms with Gasteiger partial charge in [0, 0.05) is 5.69 Å². The van der Waals surface area contributed by atoms with Crippen LogP contribution in [0.2, 0.25) is 0 Å². The van der Waals surface area contributed by atoms with Crippen molar-refractivity contribution in [3.63, 3.8) is 0 Å². The van der Waals surface area contributed by atoms with E-state index in [9.17, 15) is 14.4 Å². The SMILES string of the molecule is Cc1cccc(NC(=O)COC(=O)[C@@H](NC(=O)Cc2ccccc2)C(C)C)c1C. The van der Waals surface area contributed by atoms with Crippen LogP contribution >= 0.6 is 0 Å². The van der Waals surface area contributed by atoms with Gasteiger partial charge in [0.05, 0.1) is 6.42 Å². The second kappa shape index (κ2) is 10.4. The van der Waals surface area contributed by atoms with E-state index in [2.05, 4.69) is 10.6 Å². The minimum atomic E-state index is -0.820. The van der Waals surface area contributed by atoms with Gasteiger partial charge < -0.3 is 15.4 Å². The van der Waals surface area contributed by atoms with Gasteiger partial charge in [-0.2, -0.15) is 0 Å². The van der Waals surface area contributed by atoms with Gasteiger partial charge in [-0.1, -0.05) is 56.3 Å². The third-order valence-corrected chi connectivity index (χ3v) is 4.67. The number of rotatable bonds is 8. The Balaban J connectivity index is 1.89. The predicted octanol–water partition coefficient (Wildman–Crippen LogP) is 3.17. The van der Waals surface area contributed by atoms with Gasteiger partial charge in [-0.05, 0) is 42.5 Å². The first kappa shape index (κ1) is 22.1. The fourth-order valence-corrected chi connectivity index (χ4v) is 2.80. The largest absolute Gasteiger partial charge is 0.454 e. The van der Waals surface area contributed by atoms with Crippen LogP contribution in [0.1, 0.15) is 30.5 Å². The van der Waals surface area contributed by atoms with Crippen LogP contribution in [-0.2, 0) is 25.5 Å². The maximum absolute atomic E-state index is 12.4. The molecule has 0 saturated carbocycles. The number of carbonyl (C=O) groups excluding carboxylic acids is 3. The number of hydrogen-bond acceptors (Lipinski definition) is 4. The lowest BCUT2D eigenvalue weighted by Gasteiger charge is -2.21. The minimum Gasteiger partial charge on any atom is -0.454 e. The van der Waals surface area contributed by atoms with Crippen LogP contribution in [0.3, 0.4) is 0 Å². The number of esters is 1. The molecule has 0 fully saturated rings. The van der Waals surface area contributed by atoms with Gasteiger partial charge in [-0.15, -0.1) is 0 Å². The summed E-state index contributed by atoms with van der Waals surface area (Å²) in [5, 5.41) is 5.45. The molecule has 154 valence electrons. The van der Waals surface area contributed by atoms with Gasteiger partial charge in [0.25, 0.3) is 5.91 Å². The van der Waals surface area contributed by atoms with Crippen LogP contribution < -0.4 is 10.6 Å². The summed E-state index contributed by atoms with van der Waals surface area (Å²) >= 11 is 0. The van der Waals surface area contributed by atoms with Crippen LogP contribution in [0.5, 0.6) is 0 Å². The third kappa shape index (κ3) is 6.75. The van der Waals surface area contributed by atoms with E-state index in [4.69, 9.17) is 4.74 Å². The zero-order chi connectivity index (χ0) is 21.4. The van der Waals surface area contributed by atoms with Crippen molar-refractivity contribution in [3.8, 4) is 0 Å². The molecule has 29 heavy (non-hydrogen) atoms. The van der Waals surface area contributed by atoms with Gasteiger partial charge >= 0.3 is 5.97 Å². The number of nitrogens with one attached hydrogen (secondary N) is 2. The molecule has 0 spiro atoms. The topological polar surface area (TPSA) is 84.5 Å². The van der Waals surface area contributed by atoms with E-state index in [1.165, 1.54) is 0 Å². The van der Waals surface area contributed by atoms with E-state index in [-0.39, 0.29) is 18.2 Å². The van der Waals surface area contributed by atoms with Crippen molar-refractivity contribution in [1.29, 1.82) is 0 Å². The van der Waals surface area contributed by atoms with E-state index in [1.54, 1.807) is 6.07 Å². The van der Waals surface area contributed by atoms with Crippen LogP contribution in [0.25, 0.3) is 0 Å². The highest BCUT2D eigenvalue weighted by Gasteiger charge is 2.26. The number of amides is 2. The summed E-state index contributed by atoms with van der Waals surface area (Å²) in [4.78, 5) is 36.9. The molecule has 0 unspecified atom stereocenters. The van der Waals surface area contributed by atoms with E-state index < -0.39 is 24.5 Å². The average molecular weight is 396 g/mol. The summed E-state index contributed by atoms with van der Waals surface area (Å²) in [5.74, 6) is -1.50. The lowest BCUT2D eigenvalue weighted by atomic mass is 10.0. The Labute approximate surface area is 171 Å². The Kier molecular flexibility index (Phi) is 7.95. The van der Waals surface area contributed by atoms with Crippen molar-refractivity contribution >= 4 is 23.5 Å². The Morgan fingerprint density at radius 3 is 2.28 bits per heavy atom. The number of benzene rings is 2. The molecule has 0 aliphatic rings. The predicted molar refractivity (Wildman–Crippen MR) is 112 cm³/mol. The Hall–Kier alpha value is -3.15. The summed E-state index contributed by atoms with van der Waals surface area (Å²) < 4.78 is 5.15. The van der Waals surface area contributed by atoms with Crippen molar-refractivity contribution < 1.29 is 19.1 Å². The molecular weight excluding hydrogens is 368 g/mol. The first-order chi connectivity index (χ1) is 13.8. The van der Waals surface area contributed by atoms with Crippen LogP contribution in [-0.4, -0.2) is 30.4 Å². The number of ether oxygens (including phenoxy) is 1. The second-order valence-corrected chi connectivity index (χ2v) is 7.35. The maximum Gasteiger partial charge on any atom is 0.329 e. The molecule has 0 saturated heterocycles. The van der Waals surface area contributed by atoms with E-state index in [1.807, 2.05) is 70.2 Å². The third-order valence-electron chi connectivity index (χ3n) is 4.67. The number of aryl methyl sites for hydroxylation is 1. The normalized spacial score (nSPS) is 11.6. The molecule has 0 bridgehead atoms.